The molecule has 1 nitrogen and oxygen atoms in total. The zero-order valence-electron chi connectivity index (χ0n) is 3.58. The Morgan fingerprint density at radius 3 is 1.86 bits per heavy atom. The molecule has 0 radical (unpaired) electrons. The van der Waals surface area contributed by atoms with Crippen LogP contribution in [0.5, 0.6) is 0 Å². The van der Waals surface area contributed by atoms with Gasteiger partial charge in [-0.15, -0.1) is 0 Å². The highest BCUT2D eigenvalue weighted by Crippen LogP contribution is 2.33. The van der Waals surface area contributed by atoms with Crippen LogP contribution >= 0.6 is 0 Å². The van der Waals surface area contributed by atoms with Crippen molar-refractivity contribution in [2.75, 3.05) is 0 Å². The van der Waals surface area contributed by atoms with Crippen molar-refractivity contribution < 1.29 is 13.6 Å². The molecule has 7 heavy (non-hydrogen) atoms. The quantitative estimate of drug-likeness (QED) is 0.450. The zero-order chi connectivity index (χ0) is 5.49. The van der Waals surface area contributed by atoms with E-state index in [2.05, 4.69) is 0 Å². The van der Waals surface area contributed by atoms with Crippen LogP contribution in [0.15, 0.2) is 0 Å². The second kappa shape index (κ2) is 1.02. The van der Waals surface area contributed by atoms with Gasteiger partial charge in [-0.05, 0) is 0 Å². The molecule has 1 aliphatic rings. The van der Waals surface area contributed by atoms with E-state index < -0.39 is 18.8 Å². The summed E-state index contributed by atoms with van der Waals surface area (Å²) in [6, 6.07) is 0. The highest BCUT2D eigenvalue weighted by Gasteiger charge is 2.44. The number of alkyl halides is 2. The van der Waals surface area contributed by atoms with Crippen molar-refractivity contribution in [1.29, 1.82) is 0 Å². The summed E-state index contributed by atoms with van der Waals surface area (Å²) in [5.41, 5.74) is 0. The third-order valence-corrected chi connectivity index (χ3v) is 0.912. The van der Waals surface area contributed by atoms with Gasteiger partial charge in [-0.25, -0.2) is 8.78 Å². The lowest BCUT2D eigenvalue weighted by molar-refractivity contribution is -0.148. The summed E-state index contributed by atoms with van der Waals surface area (Å²) in [7, 11) is 0. The molecule has 1 fully saturated rings. The van der Waals surface area contributed by atoms with Crippen LogP contribution in [0.2, 0.25) is 0 Å². The number of Topliss-reactive ketones (excluding diaryl/α,β-unsaturated/α-hetero) is 1. The first-order valence-electron chi connectivity index (χ1n) is 2.00. The number of ketones is 1. The summed E-state index contributed by atoms with van der Waals surface area (Å²) < 4.78 is 23.1. The fraction of sp³-hybridized carbons (Fsp3) is 0.750. The van der Waals surface area contributed by atoms with Crippen molar-refractivity contribution in [3.8, 4) is 0 Å². The highest BCUT2D eigenvalue weighted by atomic mass is 19.3. The number of hydrogen-bond donors (Lipinski definition) is 0. The summed E-state index contributed by atoms with van der Waals surface area (Å²) in [5.74, 6) is -2.98. The number of carbonyl (C=O) groups is 1. The summed E-state index contributed by atoms with van der Waals surface area (Å²) in [6.45, 7) is 0. The molecule has 0 unspecified atom stereocenters. The van der Waals surface area contributed by atoms with E-state index in [0.717, 1.165) is 0 Å². The Kier molecular flexibility index (Phi) is 0.685. The molecule has 0 N–H and O–H groups in total. The molecule has 0 amide bonds. The topological polar surface area (TPSA) is 17.1 Å². The third kappa shape index (κ3) is 0.759. The van der Waals surface area contributed by atoms with Crippen molar-refractivity contribution in [3.05, 3.63) is 0 Å². The highest BCUT2D eigenvalue weighted by molar-refractivity contribution is 5.86. The predicted octanol–water partition coefficient (Wildman–Crippen LogP) is 0.985. The minimum atomic E-state index is -2.66. The van der Waals surface area contributed by atoms with Gasteiger partial charge >= 0.3 is 0 Å². The number of halogens is 2. The van der Waals surface area contributed by atoms with Gasteiger partial charge in [0.1, 0.15) is 5.78 Å². The summed E-state index contributed by atoms with van der Waals surface area (Å²) >= 11 is 0. The van der Waals surface area contributed by atoms with Gasteiger partial charge in [-0.3, -0.25) is 4.79 Å². The smallest absolute Gasteiger partial charge is 0.261 e. The standard InChI is InChI=1S/C4H4F2O/c5-4(6)1-3(7)2-4/h1-2H2. The van der Waals surface area contributed by atoms with E-state index in [1.165, 1.54) is 0 Å². The Morgan fingerprint density at radius 1 is 1.43 bits per heavy atom. The summed E-state index contributed by atoms with van der Waals surface area (Å²) in [6.07, 6.45) is -1.07. The Labute approximate surface area is 39.3 Å². The predicted molar refractivity (Wildman–Crippen MR) is 19.2 cm³/mol. The van der Waals surface area contributed by atoms with Gasteiger partial charge in [0.2, 0.25) is 0 Å². The molecule has 1 aliphatic carbocycles. The molecule has 0 atom stereocenters. The molecular weight excluding hydrogens is 102 g/mol. The molecule has 3 heteroatoms. The second-order valence-electron chi connectivity index (χ2n) is 1.75. The van der Waals surface area contributed by atoms with Crippen molar-refractivity contribution in [2.24, 2.45) is 0 Å². The molecule has 40 valence electrons. The third-order valence-electron chi connectivity index (χ3n) is 0.912. The Morgan fingerprint density at radius 2 is 1.86 bits per heavy atom. The number of hydrogen-bond acceptors (Lipinski definition) is 1. The molecule has 0 aliphatic heterocycles. The lowest BCUT2D eigenvalue weighted by Crippen LogP contribution is -2.35. The van der Waals surface area contributed by atoms with Crippen LogP contribution in [0.1, 0.15) is 12.8 Å². The molecule has 1 saturated carbocycles. The van der Waals surface area contributed by atoms with E-state index in [4.69, 9.17) is 0 Å². The first-order chi connectivity index (χ1) is 3.10. The van der Waals surface area contributed by atoms with Crippen molar-refractivity contribution in [2.45, 2.75) is 18.8 Å². The first kappa shape index (κ1) is 4.68. The fourth-order valence-corrected chi connectivity index (χ4v) is 0.525. The Bertz CT molecular complexity index is 98.3. The van der Waals surface area contributed by atoms with E-state index in [1.807, 2.05) is 0 Å². The largest absolute Gasteiger partial charge is 0.299 e. The zero-order valence-corrected chi connectivity index (χ0v) is 3.58. The van der Waals surface area contributed by atoms with Crippen molar-refractivity contribution in [3.63, 3.8) is 0 Å². The van der Waals surface area contributed by atoms with Gasteiger partial charge in [0.05, 0.1) is 12.8 Å². The molecule has 0 saturated heterocycles. The molecule has 0 spiro atoms. The number of rotatable bonds is 0. The maximum Gasteiger partial charge on any atom is 0.261 e. The lowest BCUT2D eigenvalue weighted by atomic mass is 9.93. The molecule has 0 aromatic carbocycles. The molecule has 0 aromatic rings. The van der Waals surface area contributed by atoms with Crippen LogP contribution < -0.4 is 0 Å². The Balaban J connectivity index is 2.43. The van der Waals surface area contributed by atoms with Gasteiger partial charge in [0.25, 0.3) is 5.92 Å². The van der Waals surface area contributed by atoms with Gasteiger partial charge in [-0.1, -0.05) is 0 Å². The lowest BCUT2D eigenvalue weighted by Gasteiger charge is -2.22. The monoisotopic (exact) mass is 106 g/mol. The fourth-order valence-electron chi connectivity index (χ4n) is 0.525. The van der Waals surface area contributed by atoms with Crippen LogP contribution in [0, 0.1) is 0 Å². The van der Waals surface area contributed by atoms with Crippen molar-refractivity contribution >= 4 is 5.78 Å². The van der Waals surface area contributed by atoms with Gasteiger partial charge < -0.3 is 0 Å². The average Bonchev–Trinajstić information content (AvgIpc) is 1.27. The minimum absolute atomic E-state index is 0.329. The van der Waals surface area contributed by atoms with Crippen molar-refractivity contribution in [1.82, 2.24) is 0 Å². The summed E-state index contributed by atoms with van der Waals surface area (Å²) in [5, 5.41) is 0. The van der Waals surface area contributed by atoms with Crippen LogP contribution in [0.3, 0.4) is 0 Å². The molecule has 0 bridgehead atoms. The molecule has 0 heterocycles. The van der Waals surface area contributed by atoms with E-state index >= 15 is 0 Å². The van der Waals surface area contributed by atoms with E-state index in [1.54, 1.807) is 0 Å². The van der Waals surface area contributed by atoms with Crippen LogP contribution in [-0.2, 0) is 4.79 Å². The molecular formula is C4H4F2O. The first-order valence-corrected chi connectivity index (χ1v) is 2.00. The number of carbonyl (C=O) groups excluding carboxylic acids is 1. The SMILES string of the molecule is O=C1CC(F)(F)C1. The second-order valence-corrected chi connectivity index (χ2v) is 1.75. The normalized spacial score (nSPS) is 26.9. The Hall–Kier alpha value is -0.470. The van der Waals surface area contributed by atoms with Crippen LogP contribution in [0.25, 0.3) is 0 Å². The van der Waals surface area contributed by atoms with Gasteiger partial charge in [0.15, 0.2) is 0 Å². The van der Waals surface area contributed by atoms with E-state index in [0.29, 0.717) is 0 Å². The summed E-state index contributed by atoms with van der Waals surface area (Å²) in [4.78, 5) is 9.83. The van der Waals surface area contributed by atoms with Gasteiger partial charge in [-0.2, -0.15) is 0 Å². The van der Waals surface area contributed by atoms with Crippen LogP contribution in [0.4, 0.5) is 8.78 Å². The maximum atomic E-state index is 11.6. The van der Waals surface area contributed by atoms with E-state index in [-0.39, 0.29) is 5.78 Å². The molecule has 0 aromatic heterocycles. The molecule has 1 rings (SSSR count). The minimum Gasteiger partial charge on any atom is -0.299 e. The average molecular weight is 106 g/mol. The van der Waals surface area contributed by atoms with Gasteiger partial charge in [0, 0.05) is 0 Å². The maximum absolute atomic E-state index is 11.6. The van der Waals surface area contributed by atoms with Crippen LogP contribution in [-0.4, -0.2) is 11.7 Å². The van der Waals surface area contributed by atoms with E-state index in [9.17, 15) is 13.6 Å².